The van der Waals surface area contributed by atoms with Crippen molar-refractivity contribution in [3.05, 3.63) is 30.1 Å². The molecule has 0 aliphatic carbocycles. The molecule has 1 fully saturated rings. The maximum atomic E-state index is 12.9. The van der Waals surface area contributed by atoms with Gasteiger partial charge < -0.3 is 15.3 Å². The molecule has 1 aromatic carbocycles. The molecular formula is C13H17FN2O2. The number of hydrogen-bond acceptors (Lipinski definition) is 3. The number of carbonyl (C=O) groups is 1. The van der Waals surface area contributed by atoms with Crippen LogP contribution in [-0.2, 0) is 4.79 Å². The first-order chi connectivity index (χ1) is 8.63. The summed E-state index contributed by atoms with van der Waals surface area (Å²) in [5.74, 6) is -0.391. The summed E-state index contributed by atoms with van der Waals surface area (Å²) in [4.78, 5) is 13.8. The molecule has 0 bridgehead atoms. The highest BCUT2D eigenvalue weighted by Gasteiger charge is 2.33. The Balaban J connectivity index is 2.30. The molecule has 2 atom stereocenters. The van der Waals surface area contributed by atoms with Crippen molar-refractivity contribution in [1.29, 1.82) is 0 Å². The van der Waals surface area contributed by atoms with Gasteiger partial charge in [0.1, 0.15) is 11.9 Å². The highest BCUT2D eigenvalue weighted by Crippen LogP contribution is 2.24. The van der Waals surface area contributed by atoms with Gasteiger partial charge in [0.25, 0.3) is 0 Å². The Kier molecular flexibility index (Phi) is 3.81. The van der Waals surface area contributed by atoms with E-state index in [1.165, 1.54) is 12.1 Å². The topological polar surface area (TPSA) is 52.6 Å². The molecule has 0 spiro atoms. The minimum Gasteiger partial charge on any atom is -0.396 e. The maximum absolute atomic E-state index is 12.9. The number of piperazine rings is 1. The van der Waals surface area contributed by atoms with Gasteiger partial charge in [0, 0.05) is 24.9 Å². The molecule has 1 aromatic rings. The Bertz CT molecular complexity index is 422. The van der Waals surface area contributed by atoms with Crippen LogP contribution < -0.4 is 10.2 Å². The van der Waals surface area contributed by atoms with Crippen LogP contribution in [0.4, 0.5) is 10.1 Å². The summed E-state index contributed by atoms with van der Waals surface area (Å²) >= 11 is 0. The Morgan fingerprint density at radius 1 is 1.44 bits per heavy atom. The third-order valence-electron chi connectivity index (χ3n) is 3.21. The zero-order valence-corrected chi connectivity index (χ0v) is 10.3. The van der Waals surface area contributed by atoms with Gasteiger partial charge in [-0.15, -0.1) is 0 Å². The number of aliphatic hydroxyl groups excluding tert-OH is 1. The van der Waals surface area contributed by atoms with Crippen molar-refractivity contribution in [2.75, 3.05) is 18.1 Å². The molecule has 2 unspecified atom stereocenters. The molecule has 0 radical (unpaired) electrons. The van der Waals surface area contributed by atoms with Crippen molar-refractivity contribution in [3.63, 3.8) is 0 Å². The summed E-state index contributed by atoms with van der Waals surface area (Å²) in [5.41, 5.74) is 0.803. The Morgan fingerprint density at radius 3 is 2.72 bits per heavy atom. The van der Waals surface area contributed by atoms with E-state index in [0.29, 0.717) is 13.0 Å². The normalized spacial score (nSPS) is 23.9. The van der Waals surface area contributed by atoms with Crippen molar-refractivity contribution in [2.45, 2.75) is 25.4 Å². The molecule has 18 heavy (non-hydrogen) atoms. The summed E-state index contributed by atoms with van der Waals surface area (Å²) in [6.07, 6.45) is 0.369. The molecule has 1 aliphatic heterocycles. The second-order valence-electron chi connectivity index (χ2n) is 4.51. The van der Waals surface area contributed by atoms with Crippen LogP contribution in [-0.4, -0.2) is 36.2 Å². The average molecular weight is 252 g/mol. The van der Waals surface area contributed by atoms with E-state index in [0.717, 1.165) is 5.69 Å². The molecule has 1 saturated heterocycles. The second kappa shape index (κ2) is 5.35. The number of nitrogens with zero attached hydrogens (tertiary/aromatic N) is 1. The zero-order chi connectivity index (χ0) is 13.1. The fourth-order valence-electron chi connectivity index (χ4n) is 2.34. The molecule has 2 rings (SSSR count). The van der Waals surface area contributed by atoms with Crippen LogP contribution in [0.2, 0.25) is 0 Å². The first kappa shape index (κ1) is 12.8. The minimum absolute atomic E-state index is 0.0531. The maximum Gasteiger partial charge on any atom is 0.242 e. The van der Waals surface area contributed by atoms with Gasteiger partial charge in [-0.2, -0.15) is 0 Å². The van der Waals surface area contributed by atoms with Gasteiger partial charge in [0.15, 0.2) is 0 Å². The lowest BCUT2D eigenvalue weighted by atomic mass is 10.0. The lowest BCUT2D eigenvalue weighted by molar-refractivity contribution is -0.124. The molecule has 5 heteroatoms. The number of hydrogen-bond donors (Lipinski definition) is 2. The second-order valence-corrected chi connectivity index (χ2v) is 4.51. The Morgan fingerprint density at radius 2 is 2.11 bits per heavy atom. The molecule has 4 nitrogen and oxygen atoms in total. The zero-order valence-electron chi connectivity index (χ0n) is 10.3. The van der Waals surface area contributed by atoms with Crippen LogP contribution in [0.3, 0.4) is 0 Å². The van der Waals surface area contributed by atoms with Gasteiger partial charge in [0.05, 0.1) is 0 Å². The van der Waals surface area contributed by atoms with Gasteiger partial charge in [-0.3, -0.25) is 4.79 Å². The fourth-order valence-corrected chi connectivity index (χ4v) is 2.34. The van der Waals surface area contributed by atoms with E-state index in [1.54, 1.807) is 12.1 Å². The van der Waals surface area contributed by atoms with E-state index < -0.39 is 6.04 Å². The van der Waals surface area contributed by atoms with E-state index in [-0.39, 0.29) is 24.4 Å². The number of nitrogens with one attached hydrogen (secondary N) is 1. The molecule has 98 valence electrons. The average Bonchev–Trinajstić information content (AvgIpc) is 2.36. The van der Waals surface area contributed by atoms with Crippen LogP contribution in [0.15, 0.2) is 24.3 Å². The molecule has 2 N–H and O–H groups in total. The Hall–Kier alpha value is -1.62. The van der Waals surface area contributed by atoms with Crippen molar-refractivity contribution in [3.8, 4) is 0 Å². The SMILES string of the molecule is CC1CNC(=O)C(CCO)N1c1ccc(F)cc1. The van der Waals surface area contributed by atoms with Crippen molar-refractivity contribution in [1.82, 2.24) is 5.32 Å². The third-order valence-corrected chi connectivity index (χ3v) is 3.21. The predicted octanol–water partition coefficient (Wildman–Crippen LogP) is 0.901. The first-order valence-corrected chi connectivity index (χ1v) is 6.06. The van der Waals surface area contributed by atoms with E-state index in [9.17, 15) is 9.18 Å². The lowest BCUT2D eigenvalue weighted by Gasteiger charge is -2.41. The number of halogens is 1. The van der Waals surface area contributed by atoms with E-state index in [2.05, 4.69) is 5.32 Å². The third kappa shape index (κ3) is 2.46. The molecule has 0 saturated carbocycles. The summed E-state index contributed by atoms with van der Waals surface area (Å²) in [6.45, 7) is 2.49. The van der Waals surface area contributed by atoms with Gasteiger partial charge in [0.2, 0.25) is 5.91 Å². The molecule has 1 aliphatic rings. The number of benzene rings is 1. The van der Waals surface area contributed by atoms with E-state index in [1.807, 2.05) is 11.8 Å². The van der Waals surface area contributed by atoms with E-state index in [4.69, 9.17) is 5.11 Å². The summed E-state index contributed by atoms with van der Waals surface area (Å²) < 4.78 is 12.9. The van der Waals surface area contributed by atoms with Gasteiger partial charge in [-0.05, 0) is 37.6 Å². The van der Waals surface area contributed by atoms with Crippen LogP contribution in [0.1, 0.15) is 13.3 Å². The number of amides is 1. The predicted molar refractivity (Wildman–Crippen MR) is 66.8 cm³/mol. The number of carbonyl (C=O) groups excluding carboxylic acids is 1. The molecule has 1 heterocycles. The van der Waals surface area contributed by atoms with Gasteiger partial charge >= 0.3 is 0 Å². The summed E-state index contributed by atoms with van der Waals surface area (Å²) in [5, 5.41) is 11.9. The summed E-state index contributed by atoms with van der Waals surface area (Å²) in [7, 11) is 0. The van der Waals surface area contributed by atoms with Crippen molar-refractivity contribution < 1.29 is 14.3 Å². The van der Waals surface area contributed by atoms with E-state index >= 15 is 0 Å². The molecule has 0 aromatic heterocycles. The largest absolute Gasteiger partial charge is 0.396 e. The monoisotopic (exact) mass is 252 g/mol. The number of anilines is 1. The van der Waals surface area contributed by atoms with Crippen LogP contribution in [0.25, 0.3) is 0 Å². The molecule has 1 amide bonds. The van der Waals surface area contributed by atoms with Crippen molar-refractivity contribution >= 4 is 11.6 Å². The minimum atomic E-state index is -0.399. The van der Waals surface area contributed by atoms with Crippen LogP contribution in [0, 0.1) is 5.82 Å². The summed E-state index contributed by atoms with van der Waals surface area (Å²) in [6, 6.07) is 5.80. The van der Waals surface area contributed by atoms with Crippen LogP contribution >= 0.6 is 0 Å². The molecular weight excluding hydrogens is 235 g/mol. The van der Waals surface area contributed by atoms with Gasteiger partial charge in [-0.25, -0.2) is 4.39 Å². The standard InChI is InChI=1S/C13H17FN2O2/c1-9-8-15-13(18)12(6-7-17)16(9)11-4-2-10(14)3-5-11/h2-5,9,12,17H,6-8H2,1H3,(H,15,18). The number of aliphatic hydroxyl groups is 1. The first-order valence-electron chi connectivity index (χ1n) is 6.06. The van der Waals surface area contributed by atoms with Crippen molar-refractivity contribution in [2.24, 2.45) is 0 Å². The highest BCUT2D eigenvalue weighted by atomic mass is 19.1. The highest BCUT2D eigenvalue weighted by molar-refractivity contribution is 5.86. The Labute approximate surface area is 105 Å². The lowest BCUT2D eigenvalue weighted by Crippen LogP contribution is -2.60. The van der Waals surface area contributed by atoms with Gasteiger partial charge in [-0.1, -0.05) is 0 Å². The quantitative estimate of drug-likeness (QED) is 0.840. The number of rotatable bonds is 3. The fraction of sp³-hybridized carbons (Fsp3) is 0.462. The smallest absolute Gasteiger partial charge is 0.242 e. The van der Waals surface area contributed by atoms with Crippen LogP contribution in [0.5, 0.6) is 0 Å².